The van der Waals surface area contributed by atoms with Gasteiger partial charge in [-0.3, -0.25) is 0 Å². The number of hydrogen-bond donors (Lipinski definition) is 1. The number of fused-ring (bicyclic) bond motifs is 1. The molecule has 0 aliphatic heterocycles. The maximum atomic E-state index is 12.3. The van der Waals surface area contributed by atoms with E-state index in [0.717, 1.165) is 5.39 Å². The minimum Gasteiger partial charge on any atom is -0.464 e. The van der Waals surface area contributed by atoms with Gasteiger partial charge in [-0.2, -0.15) is 5.10 Å². The molecule has 3 rings (SSSR count). The first-order valence-corrected chi connectivity index (χ1v) is 7.28. The van der Waals surface area contributed by atoms with E-state index in [4.69, 9.17) is 10.5 Å². The summed E-state index contributed by atoms with van der Waals surface area (Å²) in [5, 5.41) is 5.08. The molecule has 106 valence electrons. The molecule has 0 amide bonds. The Morgan fingerprint density at radius 2 is 2.35 bits per heavy atom. The van der Waals surface area contributed by atoms with Crippen molar-refractivity contribution in [2.24, 2.45) is 5.92 Å². The van der Waals surface area contributed by atoms with Crippen LogP contribution in [0.4, 0.5) is 5.82 Å². The van der Waals surface area contributed by atoms with Gasteiger partial charge in [0.15, 0.2) is 17.0 Å². The van der Waals surface area contributed by atoms with Gasteiger partial charge in [-0.15, -0.1) is 0 Å². The average molecular weight is 339 g/mol. The highest BCUT2D eigenvalue weighted by Gasteiger charge is 2.62. The van der Waals surface area contributed by atoms with Crippen molar-refractivity contribution in [1.82, 2.24) is 14.8 Å². The van der Waals surface area contributed by atoms with Crippen LogP contribution in [0.5, 0.6) is 0 Å². The smallest absolute Gasteiger partial charge is 0.334 e. The van der Waals surface area contributed by atoms with Crippen molar-refractivity contribution in [3.63, 3.8) is 0 Å². The van der Waals surface area contributed by atoms with Crippen molar-refractivity contribution < 1.29 is 9.53 Å². The van der Waals surface area contributed by atoms with Gasteiger partial charge in [0.2, 0.25) is 0 Å². The van der Waals surface area contributed by atoms with Crippen molar-refractivity contribution in [2.75, 3.05) is 12.3 Å². The van der Waals surface area contributed by atoms with Crippen LogP contribution in [-0.4, -0.2) is 27.3 Å². The summed E-state index contributed by atoms with van der Waals surface area (Å²) in [6, 6.07) is 3.65. The molecule has 2 N–H and O–H groups in total. The molecule has 0 bridgehead atoms. The summed E-state index contributed by atoms with van der Waals surface area (Å²) in [5.74, 6) is 0.270. The van der Waals surface area contributed by atoms with Crippen molar-refractivity contribution in [1.29, 1.82) is 0 Å². The predicted molar refractivity (Wildman–Crippen MR) is 78.0 cm³/mol. The Hall–Kier alpha value is -1.63. The Labute approximate surface area is 124 Å². The molecule has 2 aromatic heterocycles. The van der Waals surface area contributed by atoms with E-state index in [1.165, 1.54) is 0 Å². The number of esters is 1. The number of aromatic nitrogens is 3. The fourth-order valence-corrected chi connectivity index (χ4v) is 2.90. The number of nitrogens with zero attached hydrogens (tertiary/aromatic N) is 3. The van der Waals surface area contributed by atoms with Crippen molar-refractivity contribution in [3.8, 4) is 0 Å². The minimum absolute atomic E-state index is 0.157. The van der Waals surface area contributed by atoms with Gasteiger partial charge in [0, 0.05) is 0 Å². The lowest BCUT2D eigenvalue weighted by molar-refractivity contribution is -0.149. The fraction of sp³-hybridized carbons (Fsp3) is 0.462. The molecule has 20 heavy (non-hydrogen) atoms. The van der Waals surface area contributed by atoms with Gasteiger partial charge in [0.05, 0.1) is 12.0 Å². The summed E-state index contributed by atoms with van der Waals surface area (Å²) < 4.78 is 7.51. The Kier molecular flexibility index (Phi) is 2.97. The Morgan fingerprint density at radius 1 is 1.65 bits per heavy atom. The summed E-state index contributed by atoms with van der Waals surface area (Å²) in [5.41, 5.74) is 5.77. The molecule has 1 saturated carbocycles. The lowest BCUT2D eigenvalue weighted by Crippen LogP contribution is -2.33. The quantitative estimate of drug-likeness (QED) is 0.684. The number of ether oxygens (including phenoxy) is 1. The minimum atomic E-state index is -0.764. The van der Waals surface area contributed by atoms with Crippen LogP contribution in [0.3, 0.4) is 0 Å². The van der Waals surface area contributed by atoms with Gasteiger partial charge in [0.25, 0.3) is 0 Å². The third-order valence-corrected chi connectivity index (χ3v) is 4.25. The van der Waals surface area contributed by atoms with Gasteiger partial charge in [-0.25, -0.2) is 14.5 Å². The number of halogens is 1. The van der Waals surface area contributed by atoms with E-state index >= 15 is 0 Å². The zero-order valence-electron chi connectivity index (χ0n) is 11.3. The van der Waals surface area contributed by atoms with E-state index < -0.39 is 5.54 Å². The Bertz CT molecular complexity index is 699. The molecule has 1 aliphatic carbocycles. The SMILES string of the molecule is CCOC(=O)[C@]1(n2nc(N)c3ccc(Br)nc32)C[C@@H]1C. The van der Waals surface area contributed by atoms with Crippen LogP contribution in [-0.2, 0) is 15.1 Å². The van der Waals surface area contributed by atoms with Crippen LogP contribution in [0.1, 0.15) is 20.3 Å². The van der Waals surface area contributed by atoms with E-state index in [1.807, 2.05) is 13.0 Å². The first-order chi connectivity index (χ1) is 9.50. The second-order valence-electron chi connectivity index (χ2n) is 5.05. The summed E-state index contributed by atoms with van der Waals surface area (Å²) in [7, 11) is 0. The second kappa shape index (κ2) is 4.44. The summed E-state index contributed by atoms with van der Waals surface area (Å²) in [4.78, 5) is 16.7. The molecule has 7 heteroatoms. The summed E-state index contributed by atoms with van der Waals surface area (Å²) in [6.45, 7) is 4.14. The largest absolute Gasteiger partial charge is 0.464 e. The molecule has 0 spiro atoms. The number of pyridine rings is 1. The molecule has 6 nitrogen and oxygen atoms in total. The average Bonchev–Trinajstić information content (AvgIpc) is 2.98. The van der Waals surface area contributed by atoms with E-state index in [-0.39, 0.29) is 11.9 Å². The molecule has 0 aromatic carbocycles. The molecule has 2 aromatic rings. The number of carbonyl (C=O) groups excluding carboxylic acids is 1. The van der Waals surface area contributed by atoms with E-state index in [9.17, 15) is 4.79 Å². The van der Waals surface area contributed by atoms with Crippen LogP contribution in [0.25, 0.3) is 11.0 Å². The van der Waals surface area contributed by atoms with Crippen LogP contribution in [0.2, 0.25) is 0 Å². The third kappa shape index (κ3) is 1.72. The van der Waals surface area contributed by atoms with Gasteiger partial charge in [0.1, 0.15) is 4.60 Å². The fourth-order valence-electron chi connectivity index (χ4n) is 2.60. The number of nitrogens with two attached hydrogens (primary N) is 1. The van der Waals surface area contributed by atoms with Crippen LogP contribution >= 0.6 is 15.9 Å². The van der Waals surface area contributed by atoms with E-state index in [1.54, 1.807) is 17.7 Å². The Balaban J connectivity index is 2.19. The molecule has 1 fully saturated rings. The maximum Gasteiger partial charge on any atom is 0.334 e. The predicted octanol–water partition coefficient (Wildman–Crippen LogP) is 2.07. The highest BCUT2D eigenvalue weighted by Crippen LogP contribution is 2.52. The maximum absolute atomic E-state index is 12.3. The van der Waals surface area contributed by atoms with Gasteiger partial charge in [-0.1, -0.05) is 6.92 Å². The third-order valence-electron chi connectivity index (χ3n) is 3.80. The first kappa shape index (κ1) is 13.4. The molecule has 0 radical (unpaired) electrons. The number of hydrogen-bond acceptors (Lipinski definition) is 5. The summed E-state index contributed by atoms with van der Waals surface area (Å²) >= 11 is 3.34. The van der Waals surface area contributed by atoms with Crippen molar-refractivity contribution in [2.45, 2.75) is 25.8 Å². The van der Waals surface area contributed by atoms with E-state index in [0.29, 0.717) is 29.1 Å². The Morgan fingerprint density at radius 3 is 2.95 bits per heavy atom. The molecule has 0 unspecified atom stereocenters. The zero-order valence-corrected chi connectivity index (χ0v) is 12.8. The van der Waals surface area contributed by atoms with E-state index in [2.05, 4.69) is 26.0 Å². The topological polar surface area (TPSA) is 83.0 Å². The van der Waals surface area contributed by atoms with Crippen LogP contribution < -0.4 is 5.73 Å². The van der Waals surface area contributed by atoms with Gasteiger partial charge < -0.3 is 10.5 Å². The lowest BCUT2D eigenvalue weighted by atomic mass is 10.2. The van der Waals surface area contributed by atoms with Crippen molar-refractivity contribution >= 4 is 38.8 Å². The standard InChI is InChI=1S/C13H15BrN4O2/c1-3-20-12(19)13(6-7(13)2)18-11-8(10(15)17-18)4-5-9(14)16-11/h4-5,7H,3,6H2,1-2H3,(H2,15,17)/t7-,13-/m0/s1. The van der Waals surface area contributed by atoms with Crippen molar-refractivity contribution in [3.05, 3.63) is 16.7 Å². The summed E-state index contributed by atoms with van der Waals surface area (Å²) in [6.07, 6.45) is 0.691. The molecule has 2 atom stereocenters. The molecular weight excluding hydrogens is 324 g/mol. The molecule has 0 saturated heterocycles. The number of anilines is 1. The second-order valence-corrected chi connectivity index (χ2v) is 5.86. The highest BCUT2D eigenvalue weighted by molar-refractivity contribution is 9.10. The highest BCUT2D eigenvalue weighted by atomic mass is 79.9. The first-order valence-electron chi connectivity index (χ1n) is 6.49. The molecule has 1 aliphatic rings. The van der Waals surface area contributed by atoms with Crippen LogP contribution in [0.15, 0.2) is 16.7 Å². The monoisotopic (exact) mass is 338 g/mol. The van der Waals surface area contributed by atoms with Crippen LogP contribution in [0, 0.1) is 5.92 Å². The van der Waals surface area contributed by atoms with Gasteiger partial charge >= 0.3 is 5.97 Å². The number of nitrogen functional groups attached to an aromatic ring is 1. The number of carbonyl (C=O) groups is 1. The van der Waals surface area contributed by atoms with Gasteiger partial charge in [-0.05, 0) is 47.3 Å². The zero-order chi connectivity index (χ0) is 14.5. The molecular formula is C13H15BrN4O2. The number of rotatable bonds is 3. The lowest BCUT2D eigenvalue weighted by Gasteiger charge is -2.16. The molecule has 2 heterocycles. The normalized spacial score (nSPS) is 24.9.